The van der Waals surface area contributed by atoms with E-state index in [2.05, 4.69) is 11.2 Å². The summed E-state index contributed by atoms with van der Waals surface area (Å²) < 4.78 is 1.80. The molecule has 3 nitrogen and oxygen atoms in total. The summed E-state index contributed by atoms with van der Waals surface area (Å²) in [7, 11) is 0. The van der Waals surface area contributed by atoms with Crippen LogP contribution < -0.4 is 0 Å². The number of halogens is 1. The third kappa shape index (κ3) is 1.24. The summed E-state index contributed by atoms with van der Waals surface area (Å²) in [5.74, 6) is 0. The van der Waals surface area contributed by atoms with Crippen LogP contribution in [0.25, 0.3) is 10.9 Å². The molecule has 4 heteroatoms. The van der Waals surface area contributed by atoms with E-state index in [1.165, 1.54) is 0 Å². The van der Waals surface area contributed by atoms with Gasteiger partial charge in [0.1, 0.15) is 6.07 Å². The molecule has 0 fully saturated rings. The van der Waals surface area contributed by atoms with Crippen molar-refractivity contribution < 1.29 is 0 Å². The van der Waals surface area contributed by atoms with Crippen LogP contribution >= 0.6 is 11.6 Å². The van der Waals surface area contributed by atoms with Crippen LogP contribution in [0.5, 0.6) is 0 Å². The van der Waals surface area contributed by atoms with E-state index in [-0.39, 0.29) is 0 Å². The lowest BCUT2D eigenvalue weighted by molar-refractivity contribution is 0.681. The van der Waals surface area contributed by atoms with Crippen molar-refractivity contribution in [3.05, 3.63) is 28.9 Å². The Morgan fingerprint density at radius 2 is 2.36 bits per heavy atom. The Morgan fingerprint density at radius 1 is 1.57 bits per heavy atom. The predicted octanol–water partition coefficient (Wildman–Crippen LogP) is 2.58. The molecule has 2 rings (SSSR count). The molecule has 2 aromatic rings. The number of nitriles is 1. The fraction of sp³-hybridized carbons (Fsp3) is 0.200. The van der Waals surface area contributed by atoms with Crippen LogP contribution in [0, 0.1) is 11.3 Å². The lowest BCUT2D eigenvalue weighted by Crippen LogP contribution is -1.95. The van der Waals surface area contributed by atoms with Gasteiger partial charge in [-0.3, -0.25) is 4.68 Å². The van der Waals surface area contributed by atoms with Crippen molar-refractivity contribution >= 4 is 22.5 Å². The fourth-order valence-electron chi connectivity index (χ4n) is 1.48. The smallest absolute Gasteiger partial charge is 0.170 e. The van der Waals surface area contributed by atoms with E-state index in [1.807, 2.05) is 13.0 Å². The summed E-state index contributed by atoms with van der Waals surface area (Å²) >= 11 is 5.85. The van der Waals surface area contributed by atoms with Crippen LogP contribution in [0.15, 0.2) is 18.2 Å². The molecule has 1 aromatic heterocycles. The van der Waals surface area contributed by atoms with Gasteiger partial charge in [-0.1, -0.05) is 11.6 Å². The van der Waals surface area contributed by atoms with Crippen molar-refractivity contribution in [3.63, 3.8) is 0 Å². The first kappa shape index (κ1) is 9.04. The second-order valence-corrected chi connectivity index (χ2v) is 3.37. The van der Waals surface area contributed by atoms with Crippen molar-refractivity contribution in [1.29, 1.82) is 5.26 Å². The molecule has 0 amide bonds. The molecule has 70 valence electrons. The lowest BCUT2D eigenvalue weighted by atomic mass is 10.2. The molecule has 0 saturated heterocycles. The van der Waals surface area contributed by atoms with Gasteiger partial charge in [-0.15, -0.1) is 0 Å². The number of aryl methyl sites for hydroxylation is 1. The second-order valence-electron chi connectivity index (χ2n) is 2.94. The van der Waals surface area contributed by atoms with Gasteiger partial charge in [-0.25, -0.2) is 0 Å². The molecule has 0 atom stereocenters. The number of hydrogen-bond acceptors (Lipinski definition) is 2. The monoisotopic (exact) mass is 205 g/mol. The molecular weight excluding hydrogens is 198 g/mol. The molecule has 0 radical (unpaired) electrons. The maximum absolute atomic E-state index is 8.87. The molecular formula is C10H8ClN3. The van der Waals surface area contributed by atoms with Crippen LogP contribution in [0.4, 0.5) is 0 Å². The number of nitrogens with zero attached hydrogens (tertiary/aromatic N) is 3. The largest absolute Gasteiger partial charge is 0.264 e. The minimum atomic E-state index is 0.435. The molecule has 0 aliphatic carbocycles. The summed E-state index contributed by atoms with van der Waals surface area (Å²) in [5.41, 5.74) is 1.39. The van der Waals surface area contributed by atoms with E-state index in [1.54, 1.807) is 16.8 Å². The topological polar surface area (TPSA) is 41.6 Å². The van der Waals surface area contributed by atoms with Crippen LogP contribution in [0.3, 0.4) is 0 Å². The molecule has 0 unspecified atom stereocenters. The highest BCUT2D eigenvalue weighted by molar-refractivity contribution is 6.31. The maximum atomic E-state index is 8.87. The van der Waals surface area contributed by atoms with Gasteiger partial charge in [0.05, 0.1) is 5.52 Å². The minimum Gasteiger partial charge on any atom is -0.264 e. The zero-order valence-electron chi connectivity index (χ0n) is 7.66. The van der Waals surface area contributed by atoms with Gasteiger partial charge in [0, 0.05) is 17.0 Å². The van der Waals surface area contributed by atoms with Gasteiger partial charge in [0.2, 0.25) is 0 Å². The quantitative estimate of drug-likeness (QED) is 0.718. The van der Waals surface area contributed by atoms with Crippen LogP contribution in [-0.4, -0.2) is 9.78 Å². The predicted molar refractivity (Wildman–Crippen MR) is 55.1 cm³/mol. The molecule has 0 spiro atoms. The Hall–Kier alpha value is -1.53. The van der Waals surface area contributed by atoms with E-state index in [0.29, 0.717) is 10.7 Å². The molecule has 0 bridgehead atoms. The van der Waals surface area contributed by atoms with Gasteiger partial charge in [0.15, 0.2) is 5.69 Å². The average molecular weight is 206 g/mol. The molecule has 0 aliphatic heterocycles. The van der Waals surface area contributed by atoms with Crippen molar-refractivity contribution in [2.45, 2.75) is 13.5 Å². The highest BCUT2D eigenvalue weighted by Crippen LogP contribution is 2.22. The molecule has 1 aromatic carbocycles. The first-order chi connectivity index (χ1) is 6.76. The zero-order chi connectivity index (χ0) is 10.1. The maximum Gasteiger partial charge on any atom is 0.170 e. The van der Waals surface area contributed by atoms with E-state index < -0.39 is 0 Å². The first-order valence-electron chi connectivity index (χ1n) is 4.32. The van der Waals surface area contributed by atoms with E-state index >= 15 is 0 Å². The van der Waals surface area contributed by atoms with Gasteiger partial charge in [-0.05, 0) is 25.1 Å². The van der Waals surface area contributed by atoms with Crippen LogP contribution in [0.2, 0.25) is 5.02 Å². The Kier molecular flexibility index (Phi) is 2.14. The summed E-state index contributed by atoms with van der Waals surface area (Å²) in [6, 6.07) is 7.52. The normalized spacial score (nSPS) is 10.4. The molecule has 1 heterocycles. The van der Waals surface area contributed by atoms with Crippen molar-refractivity contribution in [2.24, 2.45) is 0 Å². The lowest BCUT2D eigenvalue weighted by Gasteiger charge is -1.96. The number of fused-ring (bicyclic) bond motifs is 1. The summed E-state index contributed by atoms with van der Waals surface area (Å²) in [6.07, 6.45) is 0. The highest BCUT2D eigenvalue weighted by Gasteiger charge is 2.08. The third-order valence-electron chi connectivity index (χ3n) is 2.12. The molecule has 14 heavy (non-hydrogen) atoms. The van der Waals surface area contributed by atoms with E-state index in [4.69, 9.17) is 16.9 Å². The number of aromatic nitrogens is 2. The van der Waals surface area contributed by atoms with E-state index in [9.17, 15) is 0 Å². The van der Waals surface area contributed by atoms with Gasteiger partial charge < -0.3 is 0 Å². The Balaban J connectivity index is 2.84. The van der Waals surface area contributed by atoms with Crippen LogP contribution in [-0.2, 0) is 6.54 Å². The van der Waals surface area contributed by atoms with Gasteiger partial charge in [0.25, 0.3) is 0 Å². The Morgan fingerprint density at radius 3 is 3.00 bits per heavy atom. The minimum absolute atomic E-state index is 0.435. The first-order valence-corrected chi connectivity index (χ1v) is 4.70. The summed E-state index contributed by atoms with van der Waals surface area (Å²) in [4.78, 5) is 0. The zero-order valence-corrected chi connectivity index (χ0v) is 8.41. The van der Waals surface area contributed by atoms with Crippen molar-refractivity contribution in [1.82, 2.24) is 9.78 Å². The van der Waals surface area contributed by atoms with Gasteiger partial charge in [-0.2, -0.15) is 10.4 Å². The molecule has 0 aliphatic rings. The molecule has 0 N–H and O–H groups in total. The Bertz CT molecular complexity index is 522. The Labute approximate surface area is 86.5 Å². The number of hydrogen-bond donors (Lipinski definition) is 0. The molecule has 0 saturated carbocycles. The average Bonchev–Trinajstić information content (AvgIpc) is 2.55. The third-order valence-corrected chi connectivity index (χ3v) is 2.35. The highest BCUT2D eigenvalue weighted by atomic mass is 35.5. The SMILES string of the molecule is CCn1nc(C#N)c2cc(Cl)ccc21. The van der Waals surface area contributed by atoms with Gasteiger partial charge >= 0.3 is 0 Å². The van der Waals surface area contributed by atoms with Crippen molar-refractivity contribution in [3.8, 4) is 6.07 Å². The summed E-state index contributed by atoms with van der Waals surface area (Å²) in [6.45, 7) is 2.74. The standard InChI is InChI=1S/C10H8ClN3/c1-2-14-10-4-3-7(11)5-8(10)9(6-12)13-14/h3-5H,2H2,1H3. The second kappa shape index (κ2) is 3.32. The number of benzene rings is 1. The fourth-order valence-corrected chi connectivity index (χ4v) is 1.65. The van der Waals surface area contributed by atoms with E-state index in [0.717, 1.165) is 17.4 Å². The van der Waals surface area contributed by atoms with Crippen LogP contribution in [0.1, 0.15) is 12.6 Å². The van der Waals surface area contributed by atoms with Crippen molar-refractivity contribution in [2.75, 3.05) is 0 Å². The number of rotatable bonds is 1. The summed E-state index contributed by atoms with van der Waals surface area (Å²) in [5, 5.41) is 14.5.